The Balaban J connectivity index is 1.90. The van der Waals surface area contributed by atoms with Crippen molar-refractivity contribution in [2.24, 2.45) is 0 Å². The van der Waals surface area contributed by atoms with Crippen molar-refractivity contribution in [1.82, 2.24) is 0 Å². The van der Waals surface area contributed by atoms with Crippen LogP contribution in [0.1, 0.15) is 11.1 Å². The molecular weight excluding hydrogens is 210 g/mol. The fourth-order valence-corrected chi connectivity index (χ4v) is 2.12. The van der Waals surface area contributed by atoms with Crippen molar-refractivity contribution in [3.8, 4) is 5.75 Å². The zero-order valence-corrected chi connectivity index (χ0v) is 9.89. The normalized spacial score (nSPS) is 14.1. The van der Waals surface area contributed by atoms with Gasteiger partial charge in [0.1, 0.15) is 0 Å². The smallest absolute Gasteiger partial charge is 0.158 e. The molecule has 0 atom stereocenters. The Morgan fingerprint density at radius 1 is 1.06 bits per heavy atom. The van der Waals surface area contributed by atoms with Gasteiger partial charge >= 0.3 is 0 Å². The van der Waals surface area contributed by atoms with Crippen LogP contribution in [-0.2, 0) is 6.42 Å². The number of aryl methyl sites for hydroxylation is 1. The van der Waals surface area contributed by atoms with Crippen LogP contribution in [0, 0.1) is 6.92 Å². The first-order chi connectivity index (χ1) is 8.33. The second-order valence-electron chi connectivity index (χ2n) is 4.39. The summed E-state index contributed by atoms with van der Waals surface area (Å²) in [5.74, 6) is 0.986. The molecule has 1 aliphatic rings. The Hall–Kier alpha value is -1.96. The van der Waals surface area contributed by atoms with Crippen molar-refractivity contribution in [3.05, 3.63) is 59.7 Å². The Morgan fingerprint density at radius 2 is 1.88 bits per heavy atom. The largest absolute Gasteiger partial charge is 0.379 e. The molecule has 2 heteroatoms. The number of hydrogen-bond donors (Lipinski definition) is 0. The van der Waals surface area contributed by atoms with Crippen LogP contribution in [0.15, 0.2) is 48.5 Å². The van der Waals surface area contributed by atoms with E-state index in [2.05, 4.69) is 37.3 Å². The molecular formula is C15H15NO. The number of nitrogens with zero attached hydrogens (tertiary/aromatic N) is 1. The number of hydrogen-bond acceptors (Lipinski definition) is 2. The third kappa shape index (κ3) is 1.98. The van der Waals surface area contributed by atoms with Gasteiger partial charge in [-0.15, -0.1) is 0 Å². The summed E-state index contributed by atoms with van der Waals surface area (Å²) in [7, 11) is 0. The van der Waals surface area contributed by atoms with E-state index in [1.807, 2.05) is 23.3 Å². The molecule has 0 radical (unpaired) electrons. The number of fused-ring (bicyclic) bond motifs is 1. The van der Waals surface area contributed by atoms with E-state index in [1.54, 1.807) is 0 Å². The molecule has 0 saturated heterocycles. The molecule has 2 aromatic carbocycles. The first kappa shape index (κ1) is 10.2. The van der Waals surface area contributed by atoms with Crippen molar-refractivity contribution >= 4 is 5.69 Å². The van der Waals surface area contributed by atoms with E-state index in [0.717, 1.165) is 24.4 Å². The number of anilines is 1. The molecule has 0 fully saturated rings. The first-order valence-corrected chi connectivity index (χ1v) is 5.93. The fraction of sp³-hybridized carbons (Fsp3) is 0.200. The molecule has 0 N–H and O–H groups in total. The topological polar surface area (TPSA) is 12.5 Å². The Bertz CT molecular complexity index is 522. The van der Waals surface area contributed by atoms with E-state index in [4.69, 9.17) is 4.84 Å². The molecule has 1 heterocycles. The molecule has 3 rings (SSSR count). The molecule has 0 saturated carbocycles. The second-order valence-corrected chi connectivity index (χ2v) is 4.39. The maximum Gasteiger partial charge on any atom is 0.158 e. The van der Waals surface area contributed by atoms with Crippen molar-refractivity contribution in [1.29, 1.82) is 0 Å². The van der Waals surface area contributed by atoms with Crippen LogP contribution < -0.4 is 9.90 Å². The van der Waals surface area contributed by atoms with E-state index in [-0.39, 0.29) is 0 Å². The molecule has 1 aliphatic heterocycles. The van der Waals surface area contributed by atoms with Crippen LogP contribution in [0.4, 0.5) is 5.69 Å². The van der Waals surface area contributed by atoms with Crippen molar-refractivity contribution in [3.63, 3.8) is 0 Å². The van der Waals surface area contributed by atoms with Gasteiger partial charge in [0.2, 0.25) is 0 Å². The number of hydroxylamine groups is 1. The maximum absolute atomic E-state index is 5.93. The zero-order chi connectivity index (χ0) is 11.7. The highest BCUT2D eigenvalue weighted by Gasteiger charge is 2.17. The predicted molar refractivity (Wildman–Crippen MR) is 69.3 cm³/mol. The summed E-state index contributed by atoms with van der Waals surface area (Å²) in [5.41, 5.74) is 3.64. The minimum atomic E-state index is 0.903. The molecule has 0 amide bonds. The number of rotatable bonds is 1. The number of benzene rings is 2. The molecule has 0 bridgehead atoms. The lowest BCUT2D eigenvalue weighted by Gasteiger charge is -2.30. The summed E-state index contributed by atoms with van der Waals surface area (Å²) >= 11 is 0. The summed E-state index contributed by atoms with van der Waals surface area (Å²) in [4.78, 5) is 5.93. The minimum Gasteiger partial charge on any atom is -0.379 e. The van der Waals surface area contributed by atoms with E-state index in [1.165, 1.54) is 11.1 Å². The fourth-order valence-electron chi connectivity index (χ4n) is 2.12. The Morgan fingerprint density at radius 3 is 2.71 bits per heavy atom. The second kappa shape index (κ2) is 4.13. The van der Waals surface area contributed by atoms with Gasteiger partial charge in [0, 0.05) is 0 Å². The van der Waals surface area contributed by atoms with Gasteiger partial charge in [0.05, 0.1) is 12.2 Å². The maximum atomic E-state index is 5.93. The van der Waals surface area contributed by atoms with Crippen molar-refractivity contribution in [2.45, 2.75) is 13.3 Å². The molecule has 0 unspecified atom stereocenters. The molecule has 2 nitrogen and oxygen atoms in total. The van der Waals surface area contributed by atoms with Crippen LogP contribution >= 0.6 is 0 Å². The van der Waals surface area contributed by atoms with Gasteiger partial charge in [-0.2, -0.15) is 0 Å². The summed E-state index contributed by atoms with van der Waals surface area (Å²) in [5, 5.41) is 1.96. The highest BCUT2D eigenvalue weighted by Crippen LogP contribution is 2.28. The molecule has 0 spiro atoms. The van der Waals surface area contributed by atoms with Crippen LogP contribution in [0.25, 0.3) is 0 Å². The molecule has 17 heavy (non-hydrogen) atoms. The summed E-state index contributed by atoms with van der Waals surface area (Å²) < 4.78 is 0. The summed E-state index contributed by atoms with van der Waals surface area (Å²) in [6.45, 7) is 2.99. The highest BCUT2D eigenvalue weighted by atomic mass is 16.7. The summed E-state index contributed by atoms with van der Waals surface area (Å²) in [6.07, 6.45) is 1.03. The third-order valence-corrected chi connectivity index (χ3v) is 3.06. The monoisotopic (exact) mass is 225 g/mol. The number of para-hydroxylation sites is 1. The zero-order valence-electron chi connectivity index (χ0n) is 9.89. The molecule has 2 aromatic rings. The lowest BCUT2D eigenvalue weighted by atomic mass is 10.1. The molecule has 0 aliphatic carbocycles. The van der Waals surface area contributed by atoms with Gasteiger partial charge in [-0.1, -0.05) is 30.3 Å². The van der Waals surface area contributed by atoms with Gasteiger partial charge in [0.25, 0.3) is 0 Å². The van der Waals surface area contributed by atoms with E-state index in [9.17, 15) is 0 Å². The summed E-state index contributed by atoms with van der Waals surface area (Å²) in [6, 6.07) is 16.6. The van der Waals surface area contributed by atoms with Crippen molar-refractivity contribution < 1.29 is 4.84 Å². The Labute approximate surface area is 101 Å². The predicted octanol–water partition coefficient (Wildman–Crippen LogP) is 3.35. The SMILES string of the molecule is Cc1ccc2c(c1)ON(c1ccccc1)CC2. The van der Waals surface area contributed by atoms with E-state index in [0.29, 0.717) is 0 Å². The van der Waals surface area contributed by atoms with Crippen LogP contribution in [0.3, 0.4) is 0 Å². The average Bonchev–Trinajstić information content (AvgIpc) is 2.39. The highest BCUT2D eigenvalue weighted by molar-refractivity contribution is 5.48. The van der Waals surface area contributed by atoms with Gasteiger partial charge < -0.3 is 4.84 Å². The van der Waals surface area contributed by atoms with Crippen molar-refractivity contribution in [2.75, 3.05) is 11.6 Å². The van der Waals surface area contributed by atoms with Gasteiger partial charge in [-0.3, -0.25) is 0 Å². The standard InChI is InChI=1S/C15H15NO/c1-12-7-8-13-9-10-16(17-15(13)11-12)14-5-3-2-4-6-14/h2-8,11H,9-10H2,1H3. The van der Waals surface area contributed by atoms with Gasteiger partial charge in [0.15, 0.2) is 5.75 Å². The average molecular weight is 225 g/mol. The van der Waals surface area contributed by atoms with Gasteiger partial charge in [-0.05, 0) is 42.7 Å². The van der Waals surface area contributed by atoms with Crippen LogP contribution in [0.5, 0.6) is 5.75 Å². The molecule has 86 valence electrons. The minimum absolute atomic E-state index is 0.903. The van der Waals surface area contributed by atoms with Crippen LogP contribution in [-0.4, -0.2) is 6.54 Å². The lowest BCUT2D eigenvalue weighted by molar-refractivity contribution is 0.260. The first-order valence-electron chi connectivity index (χ1n) is 5.93. The quantitative estimate of drug-likeness (QED) is 0.738. The van der Waals surface area contributed by atoms with E-state index < -0.39 is 0 Å². The molecule has 0 aromatic heterocycles. The van der Waals surface area contributed by atoms with Crippen LogP contribution in [0.2, 0.25) is 0 Å². The lowest BCUT2D eigenvalue weighted by Crippen LogP contribution is -2.33. The third-order valence-electron chi connectivity index (χ3n) is 3.06. The van der Waals surface area contributed by atoms with E-state index >= 15 is 0 Å². The Kier molecular flexibility index (Phi) is 2.48. The van der Waals surface area contributed by atoms with Gasteiger partial charge in [-0.25, -0.2) is 5.06 Å².